The maximum Gasteiger partial charge on any atom is 0.281 e. The number of benzene rings is 1. The van der Waals surface area contributed by atoms with Crippen molar-refractivity contribution in [2.24, 2.45) is 0 Å². The largest absolute Gasteiger partial charge is 0.486 e. The molecule has 9 nitrogen and oxygen atoms in total. The summed E-state index contributed by atoms with van der Waals surface area (Å²) in [7, 11) is 0. The zero-order valence-corrected chi connectivity index (χ0v) is 19.3. The Morgan fingerprint density at radius 3 is 2.62 bits per heavy atom. The Kier molecular flexibility index (Phi) is 6.98. The molecule has 2 amide bonds. The van der Waals surface area contributed by atoms with E-state index < -0.39 is 11.8 Å². The van der Waals surface area contributed by atoms with Gasteiger partial charge in [-0.1, -0.05) is 23.5 Å². The second-order valence-electron chi connectivity index (χ2n) is 7.06. The molecule has 0 spiro atoms. The first kappa shape index (κ1) is 22.2. The third kappa shape index (κ3) is 5.23. The van der Waals surface area contributed by atoms with Crippen molar-refractivity contribution in [2.75, 3.05) is 31.2 Å². The number of hydrogen-bond acceptors (Lipinski definition) is 9. The van der Waals surface area contributed by atoms with Gasteiger partial charge < -0.3 is 14.4 Å². The van der Waals surface area contributed by atoms with Crippen LogP contribution in [0.15, 0.2) is 29.6 Å². The summed E-state index contributed by atoms with van der Waals surface area (Å²) in [6.07, 6.45) is 0. The van der Waals surface area contributed by atoms with Gasteiger partial charge in [0.05, 0.1) is 35.2 Å². The van der Waals surface area contributed by atoms with Crippen molar-refractivity contribution < 1.29 is 19.1 Å². The standard InChI is InChI=1S/C21H23N5O4S2/c1-13-18(32-21(22-13)26-7-9-29-10-8-26)20(28)25-24-19(27)16-5-3-4-6-17(16)30-11-15-12-31-14(2)23-15/h3-6,12H,7-11H2,1-2H3,(H,24,27)(H,25,28). The Morgan fingerprint density at radius 1 is 1.12 bits per heavy atom. The molecule has 1 fully saturated rings. The summed E-state index contributed by atoms with van der Waals surface area (Å²) in [5.41, 5.74) is 6.68. The number of thiazole rings is 2. The molecule has 0 bridgehead atoms. The van der Waals surface area contributed by atoms with Crippen LogP contribution in [0, 0.1) is 13.8 Å². The number of aryl methyl sites for hydroxylation is 2. The van der Waals surface area contributed by atoms with Gasteiger partial charge in [-0.15, -0.1) is 11.3 Å². The zero-order valence-electron chi connectivity index (χ0n) is 17.7. The number of para-hydroxylation sites is 1. The van der Waals surface area contributed by atoms with E-state index in [1.807, 2.05) is 12.3 Å². The van der Waals surface area contributed by atoms with Crippen molar-refractivity contribution in [1.82, 2.24) is 20.8 Å². The smallest absolute Gasteiger partial charge is 0.281 e. The predicted molar refractivity (Wildman–Crippen MR) is 122 cm³/mol. The third-order valence-electron chi connectivity index (χ3n) is 4.74. The van der Waals surface area contributed by atoms with Crippen LogP contribution < -0.4 is 20.5 Å². The van der Waals surface area contributed by atoms with Gasteiger partial charge in [-0.3, -0.25) is 20.4 Å². The normalized spacial score (nSPS) is 13.6. The molecule has 0 saturated carbocycles. The number of nitrogens with zero attached hydrogens (tertiary/aromatic N) is 3. The number of aromatic nitrogens is 2. The second-order valence-corrected chi connectivity index (χ2v) is 9.10. The van der Waals surface area contributed by atoms with Gasteiger partial charge >= 0.3 is 0 Å². The predicted octanol–water partition coefficient (Wildman–Crippen LogP) is 2.71. The van der Waals surface area contributed by atoms with Crippen LogP contribution in [0.2, 0.25) is 0 Å². The number of ether oxygens (including phenoxy) is 2. The van der Waals surface area contributed by atoms with Crippen molar-refractivity contribution in [3.05, 3.63) is 56.5 Å². The lowest BCUT2D eigenvalue weighted by Crippen LogP contribution is -2.41. The topological polar surface area (TPSA) is 106 Å². The van der Waals surface area contributed by atoms with Gasteiger partial charge in [-0.2, -0.15) is 0 Å². The van der Waals surface area contributed by atoms with E-state index in [4.69, 9.17) is 9.47 Å². The number of carbonyl (C=O) groups is 2. The number of anilines is 1. The first-order chi connectivity index (χ1) is 15.5. The van der Waals surface area contributed by atoms with Crippen LogP contribution in [0.3, 0.4) is 0 Å². The summed E-state index contributed by atoms with van der Waals surface area (Å²) >= 11 is 2.84. The molecule has 32 heavy (non-hydrogen) atoms. The van der Waals surface area contributed by atoms with Crippen LogP contribution in [0.4, 0.5) is 5.13 Å². The quantitative estimate of drug-likeness (QED) is 0.530. The SMILES string of the molecule is Cc1nc(COc2ccccc2C(=O)NNC(=O)c2sc(N3CCOCC3)nc2C)cs1. The molecule has 1 saturated heterocycles. The van der Waals surface area contributed by atoms with Gasteiger partial charge in [0, 0.05) is 18.5 Å². The highest BCUT2D eigenvalue weighted by Gasteiger charge is 2.21. The van der Waals surface area contributed by atoms with Gasteiger partial charge in [0.25, 0.3) is 11.8 Å². The summed E-state index contributed by atoms with van der Waals surface area (Å²) in [6.45, 7) is 6.71. The number of carbonyl (C=O) groups excluding carboxylic acids is 2. The fourth-order valence-electron chi connectivity index (χ4n) is 3.13. The minimum Gasteiger partial charge on any atom is -0.486 e. The van der Waals surface area contributed by atoms with Crippen LogP contribution in [-0.2, 0) is 11.3 Å². The molecule has 0 radical (unpaired) electrons. The molecular weight excluding hydrogens is 450 g/mol. The molecule has 0 aliphatic carbocycles. The number of nitrogens with one attached hydrogen (secondary N) is 2. The third-order valence-corrected chi connectivity index (χ3v) is 6.78. The van der Waals surface area contributed by atoms with E-state index in [9.17, 15) is 9.59 Å². The average Bonchev–Trinajstić information content (AvgIpc) is 3.42. The van der Waals surface area contributed by atoms with Gasteiger partial charge in [-0.25, -0.2) is 9.97 Å². The Bertz CT molecular complexity index is 1110. The minimum atomic E-state index is -0.473. The fraction of sp³-hybridized carbons (Fsp3) is 0.333. The molecule has 11 heteroatoms. The minimum absolute atomic E-state index is 0.255. The molecule has 0 atom stereocenters. The maximum atomic E-state index is 12.7. The van der Waals surface area contributed by atoms with Crippen LogP contribution in [0.5, 0.6) is 5.75 Å². The highest BCUT2D eigenvalue weighted by Crippen LogP contribution is 2.26. The van der Waals surface area contributed by atoms with Crippen LogP contribution in [0.25, 0.3) is 0 Å². The molecule has 2 N–H and O–H groups in total. The van der Waals surface area contributed by atoms with Crippen molar-refractivity contribution in [2.45, 2.75) is 20.5 Å². The molecule has 1 aliphatic heterocycles. The number of morpholine rings is 1. The van der Waals surface area contributed by atoms with Crippen LogP contribution >= 0.6 is 22.7 Å². The van der Waals surface area contributed by atoms with Crippen LogP contribution in [-0.4, -0.2) is 48.1 Å². The Balaban J connectivity index is 1.37. The lowest BCUT2D eigenvalue weighted by molar-refractivity contribution is 0.0845. The summed E-state index contributed by atoms with van der Waals surface area (Å²) in [5, 5.41) is 3.65. The molecule has 4 rings (SSSR count). The number of hydrazine groups is 1. The maximum absolute atomic E-state index is 12.7. The van der Waals surface area contributed by atoms with Gasteiger partial charge in [0.1, 0.15) is 17.2 Å². The molecule has 2 aromatic heterocycles. The highest BCUT2D eigenvalue weighted by atomic mass is 32.1. The highest BCUT2D eigenvalue weighted by molar-refractivity contribution is 7.17. The second kappa shape index (κ2) is 10.1. The average molecular weight is 474 g/mol. The number of rotatable bonds is 6. The van der Waals surface area contributed by atoms with Crippen molar-refractivity contribution in [1.29, 1.82) is 0 Å². The molecular formula is C21H23N5O4S2. The molecule has 168 valence electrons. The van der Waals surface area contributed by atoms with Crippen LogP contribution in [0.1, 0.15) is 36.4 Å². The molecule has 3 aromatic rings. The Labute approximate surface area is 193 Å². The summed E-state index contributed by atoms with van der Waals surface area (Å²) in [6, 6.07) is 6.86. The van der Waals surface area contributed by atoms with Crippen molar-refractivity contribution >= 4 is 39.6 Å². The first-order valence-corrected chi connectivity index (χ1v) is 11.7. The Morgan fingerprint density at radius 2 is 1.88 bits per heavy atom. The van der Waals surface area contributed by atoms with E-state index in [1.54, 1.807) is 31.2 Å². The fourth-order valence-corrected chi connectivity index (χ4v) is 4.74. The van der Waals surface area contributed by atoms with E-state index in [-0.39, 0.29) is 6.61 Å². The van der Waals surface area contributed by atoms with Crippen molar-refractivity contribution in [3.8, 4) is 5.75 Å². The monoisotopic (exact) mass is 473 g/mol. The molecule has 0 unspecified atom stereocenters. The van der Waals surface area contributed by atoms with Gasteiger partial charge in [0.15, 0.2) is 5.13 Å². The number of hydrogen-bond donors (Lipinski definition) is 2. The Hall–Kier alpha value is -3.02. The molecule has 1 aromatic carbocycles. The number of amides is 2. The van der Waals surface area contributed by atoms with E-state index in [0.29, 0.717) is 35.1 Å². The van der Waals surface area contributed by atoms with E-state index in [1.165, 1.54) is 22.7 Å². The lowest BCUT2D eigenvalue weighted by atomic mass is 10.2. The first-order valence-electron chi connectivity index (χ1n) is 10.0. The van der Waals surface area contributed by atoms with E-state index >= 15 is 0 Å². The molecule has 3 heterocycles. The van der Waals surface area contributed by atoms with Crippen molar-refractivity contribution in [3.63, 3.8) is 0 Å². The summed E-state index contributed by atoms with van der Waals surface area (Å²) < 4.78 is 11.1. The summed E-state index contributed by atoms with van der Waals surface area (Å²) in [5.74, 6) is -0.475. The van der Waals surface area contributed by atoms with Gasteiger partial charge in [0.2, 0.25) is 0 Å². The van der Waals surface area contributed by atoms with E-state index in [0.717, 1.165) is 28.9 Å². The van der Waals surface area contributed by atoms with E-state index in [2.05, 4.69) is 25.7 Å². The van der Waals surface area contributed by atoms with Gasteiger partial charge in [-0.05, 0) is 26.0 Å². The summed E-state index contributed by atoms with van der Waals surface area (Å²) in [4.78, 5) is 36.8. The zero-order chi connectivity index (χ0) is 22.5. The molecule has 1 aliphatic rings. The lowest BCUT2D eigenvalue weighted by Gasteiger charge is -2.25.